The van der Waals surface area contributed by atoms with Crippen LogP contribution in [-0.2, 0) is 4.79 Å². The van der Waals surface area contributed by atoms with Crippen LogP contribution in [0, 0.1) is 6.92 Å². The number of hydrogen-bond acceptors (Lipinski definition) is 5. The van der Waals surface area contributed by atoms with Crippen LogP contribution in [0.4, 0.5) is 5.82 Å². The van der Waals surface area contributed by atoms with Gasteiger partial charge in [0.05, 0.1) is 16.1 Å². The molecule has 8 heteroatoms. The van der Waals surface area contributed by atoms with E-state index in [0.29, 0.717) is 55.2 Å². The maximum atomic E-state index is 12.6. The number of benzene rings is 1. The van der Waals surface area contributed by atoms with Gasteiger partial charge in [-0.3, -0.25) is 19.3 Å². The molecule has 7 nitrogen and oxygen atoms in total. The maximum Gasteiger partial charge on any atom is 0.261 e. The summed E-state index contributed by atoms with van der Waals surface area (Å²) in [5, 5.41) is 0.598. The van der Waals surface area contributed by atoms with Crippen molar-refractivity contribution in [2.75, 3.05) is 37.6 Å². The number of carbonyl (C=O) groups is 3. The van der Waals surface area contributed by atoms with Gasteiger partial charge in [0.25, 0.3) is 11.8 Å². The molecule has 0 atom stereocenters. The molecule has 0 saturated carbocycles. The summed E-state index contributed by atoms with van der Waals surface area (Å²) in [6, 6.07) is 8.96. The van der Waals surface area contributed by atoms with Crippen molar-refractivity contribution < 1.29 is 14.4 Å². The lowest BCUT2D eigenvalue weighted by Crippen LogP contribution is -2.49. The molecule has 0 bridgehead atoms. The summed E-state index contributed by atoms with van der Waals surface area (Å²) in [7, 11) is 0. The highest BCUT2D eigenvalue weighted by Gasteiger charge is 2.35. The second-order valence-electron chi connectivity index (χ2n) is 7.62. The van der Waals surface area contributed by atoms with Gasteiger partial charge in [0, 0.05) is 45.3 Å². The monoisotopic (exact) mass is 426 g/mol. The van der Waals surface area contributed by atoms with E-state index in [4.69, 9.17) is 11.6 Å². The molecule has 0 N–H and O–H groups in total. The van der Waals surface area contributed by atoms with Crippen LogP contribution < -0.4 is 4.90 Å². The number of imide groups is 1. The Labute approximate surface area is 180 Å². The van der Waals surface area contributed by atoms with Gasteiger partial charge in [0.1, 0.15) is 5.82 Å². The molecular formula is C22H23ClN4O3. The molecule has 1 aromatic heterocycles. The van der Waals surface area contributed by atoms with E-state index >= 15 is 0 Å². The van der Waals surface area contributed by atoms with Gasteiger partial charge in [0.2, 0.25) is 5.91 Å². The third-order valence-electron chi connectivity index (χ3n) is 5.57. The van der Waals surface area contributed by atoms with Gasteiger partial charge in [-0.25, -0.2) is 4.98 Å². The zero-order chi connectivity index (χ0) is 21.3. The molecule has 0 spiro atoms. The van der Waals surface area contributed by atoms with Crippen LogP contribution >= 0.6 is 11.6 Å². The second kappa shape index (κ2) is 8.44. The number of aryl methyl sites for hydroxylation is 1. The Morgan fingerprint density at radius 3 is 2.47 bits per heavy atom. The van der Waals surface area contributed by atoms with Crippen LogP contribution in [-0.4, -0.2) is 65.2 Å². The molecule has 0 unspecified atom stereocenters. The van der Waals surface area contributed by atoms with Crippen LogP contribution in [0.2, 0.25) is 5.02 Å². The topological polar surface area (TPSA) is 73.8 Å². The number of nitrogens with zero attached hydrogens (tertiary/aromatic N) is 4. The average Bonchev–Trinajstić information content (AvgIpc) is 2.98. The summed E-state index contributed by atoms with van der Waals surface area (Å²) in [6.45, 7) is 4.80. The molecule has 156 valence electrons. The van der Waals surface area contributed by atoms with Gasteiger partial charge >= 0.3 is 0 Å². The number of carbonyl (C=O) groups excluding carboxylic acids is 3. The first-order valence-electron chi connectivity index (χ1n) is 10.0. The number of fused-ring (bicyclic) bond motifs is 1. The smallest absolute Gasteiger partial charge is 0.261 e. The Balaban J connectivity index is 1.25. The van der Waals surface area contributed by atoms with Gasteiger partial charge in [-0.05, 0) is 37.6 Å². The first kappa shape index (κ1) is 20.3. The Morgan fingerprint density at radius 2 is 1.77 bits per heavy atom. The van der Waals surface area contributed by atoms with Crippen molar-refractivity contribution in [3.63, 3.8) is 0 Å². The minimum atomic E-state index is -0.272. The lowest BCUT2D eigenvalue weighted by molar-refractivity contribution is -0.131. The zero-order valence-electron chi connectivity index (χ0n) is 16.8. The third-order valence-corrected chi connectivity index (χ3v) is 5.79. The maximum absolute atomic E-state index is 12.6. The largest absolute Gasteiger partial charge is 0.353 e. The minimum Gasteiger partial charge on any atom is -0.353 e. The highest BCUT2D eigenvalue weighted by Crippen LogP contribution is 2.24. The van der Waals surface area contributed by atoms with E-state index in [9.17, 15) is 14.4 Å². The third kappa shape index (κ3) is 4.03. The summed E-state index contributed by atoms with van der Waals surface area (Å²) in [5.41, 5.74) is 1.85. The van der Waals surface area contributed by atoms with Gasteiger partial charge in [0.15, 0.2) is 0 Å². The van der Waals surface area contributed by atoms with Crippen molar-refractivity contribution >= 4 is 35.1 Å². The second-order valence-corrected chi connectivity index (χ2v) is 8.05. The van der Waals surface area contributed by atoms with E-state index in [1.807, 2.05) is 30.0 Å². The van der Waals surface area contributed by atoms with Crippen molar-refractivity contribution in [1.82, 2.24) is 14.8 Å². The number of amides is 3. The van der Waals surface area contributed by atoms with Crippen LogP contribution in [0.5, 0.6) is 0 Å². The first-order chi connectivity index (χ1) is 14.4. The summed E-state index contributed by atoms with van der Waals surface area (Å²) >= 11 is 5.88. The van der Waals surface area contributed by atoms with E-state index in [-0.39, 0.29) is 24.3 Å². The van der Waals surface area contributed by atoms with E-state index in [1.54, 1.807) is 18.3 Å². The molecule has 1 aromatic carbocycles. The first-order valence-corrected chi connectivity index (χ1v) is 10.4. The van der Waals surface area contributed by atoms with E-state index in [0.717, 1.165) is 11.4 Å². The fraction of sp³-hybridized carbons (Fsp3) is 0.364. The summed E-state index contributed by atoms with van der Waals surface area (Å²) in [4.78, 5) is 47.1. The fourth-order valence-corrected chi connectivity index (χ4v) is 4.01. The quantitative estimate of drug-likeness (QED) is 0.687. The van der Waals surface area contributed by atoms with Gasteiger partial charge in [-0.2, -0.15) is 0 Å². The fourth-order valence-electron chi connectivity index (χ4n) is 3.89. The van der Waals surface area contributed by atoms with E-state index in [1.165, 1.54) is 4.90 Å². The number of piperazine rings is 1. The SMILES string of the molecule is Cc1ccc2c(c1)C(=O)N(CCCC(=O)N1CCN(c3ccc(Cl)cn3)CC1)C2=O. The lowest BCUT2D eigenvalue weighted by atomic mass is 10.1. The molecule has 2 aliphatic heterocycles. The van der Waals surface area contributed by atoms with E-state index < -0.39 is 0 Å². The Kier molecular flexibility index (Phi) is 5.72. The molecule has 1 saturated heterocycles. The molecule has 4 rings (SSSR count). The predicted octanol–water partition coefficient (Wildman–Crippen LogP) is 2.77. The van der Waals surface area contributed by atoms with Crippen LogP contribution in [0.25, 0.3) is 0 Å². The summed E-state index contributed by atoms with van der Waals surface area (Å²) in [6.07, 6.45) is 2.39. The number of pyridine rings is 1. The van der Waals surface area contributed by atoms with Gasteiger partial charge < -0.3 is 9.80 Å². The van der Waals surface area contributed by atoms with Crippen LogP contribution in [0.1, 0.15) is 39.1 Å². The Morgan fingerprint density at radius 1 is 1.03 bits per heavy atom. The average molecular weight is 427 g/mol. The Hall–Kier alpha value is -2.93. The van der Waals surface area contributed by atoms with Gasteiger partial charge in [-0.1, -0.05) is 23.2 Å². The predicted molar refractivity (Wildman–Crippen MR) is 114 cm³/mol. The molecule has 2 aromatic rings. The number of hydrogen-bond donors (Lipinski definition) is 0. The highest BCUT2D eigenvalue weighted by atomic mass is 35.5. The van der Waals surface area contributed by atoms with Crippen molar-refractivity contribution in [2.24, 2.45) is 0 Å². The summed E-state index contributed by atoms with van der Waals surface area (Å²) < 4.78 is 0. The minimum absolute atomic E-state index is 0.0474. The molecule has 3 heterocycles. The van der Waals surface area contributed by atoms with Crippen LogP contribution in [0.3, 0.4) is 0 Å². The van der Waals surface area contributed by atoms with Crippen LogP contribution in [0.15, 0.2) is 36.5 Å². The van der Waals surface area contributed by atoms with Crippen molar-refractivity contribution in [2.45, 2.75) is 19.8 Å². The molecule has 2 aliphatic rings. The lowest BCUT2D eigenvalue weighted by Gasteiger charge is -2.35. The molecule has 30 heavy (non-hydrogen) atoms. The van der Waals surface area contributed by atoms with E-state index in [2.05, 4.69) is 9.88 Å². The molecule has 1 fully saturated rings. The van der Waals surface area contributed by atoms with Crippen molar-refractivity contribution in [3.05, 3.63) is 58.2 Å². The summed E-state index contributed by atoms with van der Waals surface area (Å²) in [5.74, 6) is 0.361. The standard InChI is InChI=1S/C22H23ClN4O3/c1-15-4-6-17-18(13-15)22(30)27(21(17)29)8-2-3-20(28)26-11-9-25(10-12-26)19-7-5-16(23)14-24-19/h4-7,13-14H,2-3,8-12H2,1H3. The number of halogens is 1. The highest BCUT2D eigenvalue weighted by molar-refractivity contribution is 6.30. The Bertz CT molecular complexity index is 984. The number of aromatic nitrogens is 1. The number of anilines is 1. The molecule has 0 radical (unpaired) electrons. The van der Waals surface area contributed by atoms with Crippen molar-refractivity contribution in [3.8, 4) is 0 Å². The van der Waals surface area contributed by atoms with Crippen molar-refractivity contribution in [1.29, 1.82) is 0 Å². The number of rotatable bonds is 5. The normalized spacial score (nSPS) is 16.3. The zero-order valence-corrected chi connectivity index (χ0v) is 17.6. The molecular weight excluding hydrogens is 404 g/mol. The molecule has 3 amide bonds. The van der Waals surface area contributed by atoms with Gasteiger partial charge in [-0.15, -0.1) is 0 Å². The molecule has 0 aliphatic carbocycles.